The van der Waals surface area contributed by atoms with Crippen molar-refractivity contribution >= 4 is 7.92 Å². The Hall–Kier alpha value is 1.21. The van der Waals surface area contributed by atoms with Crippen LogP contribution < -0.4 is 14.0 Å². The van der Waals surface area contributed by atoms with Gasteiger partial charge in [0.15, 0.2) is 0 Å². The molecular weight excluding hydrogens is 300 g/mol. The van der Waals surface area contributed by atoms with Crippen LogP contribution in [-0.4, -0.2) is 23.1 Å². The molecule has 0 unspecified atom stereocenters. The van der Waals surface area contributed by atoms with Crippen molar-refractivity contribution in [3.63, 3.8) is 0 Å². The minimum absolute atomic E-state index is 0.436. The monoisotopic (exact) mass is 314 g/mol. The number of hydrogen-bond donors (Lipinski definition) is 1. The van der Waals surface area contributed by atoms with Gasteiger partial charge in [-0.2, -0.15) is 14.0 Å². The molecule has 0 fully saturated rings. The molecule has 0 aliphatic carbocycles. The van der Waals surface area contributed by atoms with Crippen LogP contribution in [0.25, 0.3) is 0 Å². The standard InChI is InChI=1S/C6H14P.ClHO4.Tc/c1-4-7(5-2)6-3;2-1(3,4)5;/h1,4-6H2,2-3H3;(H,2,3,4,5);. The van der Waals surface area contributed by atoms with E-state index in [0.29, 0.717) is 7.92 Å². The first-order valence-electron chi connectivity index (χ1n) is 3.76. The van der Waals surface area contributed by atoms with E-state index in [2.05, 4.69) is 32.7 Å². The fraction of sp³-hybridized carbons (Fsp3) is 1.00. The van der Waals surface area contributed by atoms with Crippen molar-refractivity contribution in [2.75, 3.05) is 18.5 Å². The molecule has 0 aromatic rings. The maximum Gasteiger partial charge on any atom is 0.0777 e. The van der Waals surface area contributed by atoms with E-state index in [9.17, 15) is 0 Å². The molecule has 82 valence electrons. The van der Waals surface area contributed by atoms with Gasteiger partial charge in [0.25, 0.3) is 0 Å². The van der Waals surface area contributed by atoms with Gasteiger partial charge in [0.1, 0.15) is 0 Å². The predicted molar refractivity (Wildman–Crippen MR) is 39.9 cm³/mol. The van der Waals surface area contributed by atoms with Gasteiger partial charge in [0.05, 0.1) is 14.9 Å². The van der Waals surface area contributed by atoms with Crippen molar-refractivity contribution < 1.29 is 47.8 Å². The molecule has 0 rings (SSSR count). The fourth-order valence-corrected chi connectivity index (χ4v) is 3.74. The molecule has 7 heteroatoms. The molecule has 0 amide bonds. The predicted octanol–water partition coefficient (Wildman–Crippen LogP) is -1.65. The van der Waals surface area contributed by atoms with Gasteiger partial charge in [-0.25, -0.2) is 0 Å². The molecular formula is C6H15ClO4PTc. The summed E-state index contributed by atoms with van der Waals surface area (Å²) in [4.78, 5) is 1.35. The van der Waals surface area contributed by atoms with Gasteiger partial charge < -0.3 is 0 Å². The first kappa shape index (κ1) is 16.6. The molecule has 0 saturated carbocycles. The van der Waals surface area contributed by atoms with Gasteiger partial charge in [0, 0.05) is 0 Å². The molecule has 0 radical (unpaired) electrons. The molecule has 13 heavy (non-hydrogen) atoms. The Morgan fingerprint density at radius 2 is 1.54 bits per heavy atom. The Labute approximate surface area is 93.0 Å². The summed E-state index contributed by atoms with van der Waals surface area (Å²) in [5.41, 5.74) is 0. The third kappa shape index (κ3) is 24.6. The summed E-state index contributed by atoms with van der Waals surface area (Å²) >= 11 is 2.47. The maximum absolute atomic E-state index is 8.60. The summed E-state index contributed by atoms with van der Waals surface area (Å²) in [5.74, 6) is 0. The zero-order chi connectivity index (χ0) is 10.9. The van der Waals surface area contributed by atoms with Crippen LogP contribution >= 0.6 is 7.92 Å². The Bertz CT molecular complexity index is 101. The summed E-state index contributed by atoms with van der Waals surface area (Å²) < 4.78 is 32.7. The fourth-order valence-electron chi connectivity index (χ4n) is 0.659. The van der Waals surface area contributed by atoms with Gasteiger partial charge in [-0.15, -0.1) is 0 Å². The molecule has 4 nitrogen and oxygen atoms in total. The number of halogens is 1. The molecule has 0 aliphatic rings. The van der Waals surface area contributed by atoms with E-state index >= 15 is 0 Å². The van der Waals surface area contributed by atoms with Gasteiger partial charge in [-0.3, -0.25) is 0 Å². The van der Waals surface area contributed by atoms with Crippen molar-refractivity contribution in [2.45, 2.75) is 18.8 Å². The summed E-state index contributed by atoms with van der Waals surface area (Å²) in [5, 5.41) is 0. The van der Waals surface area contributed by atoms with Gasteiger partial charge in [0.2, 0.25) is 0 Å². The van der Waals surface area contributed by atoms with Crippen LogP contribution in [0.4, 0.5) is 0 Å². The van der Waals surface area contributed by atoms with Crippen molar-refractivity contribution in [2.24, 2.45) is 0 Å². The Kier molecular flexibility index (Phi) is 12.5. The molecule has 1 N–H and O–H groups in total. The van der Waals surface area contributed by atoms with Crippen molar-refractivity contribution in [1.82, 2.24) is 0 Å². The van der Waals surface area contributed by atoms with E-state index in [1.165, 1.54) is 23.4 Å². The number of rotatable bonds is 4. The maximum atomic E-state index is 8.60. The molecule has 0 spiro atoms. The largest absolute Gasteiger partial charge is 0.183 e. The van der Waals surface area contributed by atoms with Gasteiger partial charge >= 0.3 is 64.1 Å². The zero-order valence-corrected chi connectivity index (χ0v) is 11.2. The van der Waals surface area contributed by atoms with Crippen molar-refractivity contribution in [3.8, 4) is 0 Å². The summed E-state index contributed by atoms with van der Waals surface area (Å²) in [6.45, 7) is 4.61. The van der Waals surface area contributed by atoms with E-state index in [-0.39, 0.29) is 0 Å². The van der Waals surface area contributed by atoms with E-state index in [1.807, 2.05) is 0 Å². The van der Waals surface area contributed by atoms with E-state index in [0.717, 1.165) is 0 Å². The quantitative estimate of drug-likeness (QED) is 0.630. The normalized spacial score (nSPS) is 11.1. The van der Waals surface area contributed by atoms with Crippen molar-refractivity contribution in [1.29, 1.82) is 0 Å². The minimum Gasteiger partial charge on any atom is -0.183 e. The average Bonchev–Trinajstić information content (AvgIpc) is 1.97. The second-order valence-electron chi connectivity index (χ2n) is 2.11. The van der Waals surface area contributed by atoms with Crippen LogP contribution in [0, 0.1) is 10.2 Å². The zero-order valence-electron chi connectivity index (χ0n) is 7.70. The van der Waals surface area contributed by atoms with Crippen LogP contribution in [0.15, 0.2) is 0 Å². The summed E-state index contributed by atoms with van der Waals surface area (Å²) in [6, 6.07) is 0. The third-order valence-electron chi connectivity index (χ3n) is 1.30. The molecule has 0 saturated heterocycles. The Morgan fingerprint density at radius 1 is 1.23 bits per heavy atom. The Balaban J connectivity index is 0. The summed E-state index contributed by atoms with van der Waals surface area (Å²) in [7, 11) is -4.26. The molecule has 0 aromatic carbocycles. The molecule has 0 aromatic heterocycles. The van der Waals surface area contributed by atoms with Crippen LogP contribution in [0.1, 0.15) is 13.8 Å². The first-order chi connectivity index (χ1) is 5.85. The topological polar surface area (TPSA) is 89.4 Å². The second-order valence-corrected chi connectivity index (χ2v) is 6.89. The molecule has 0 heterocycles. The van der Waals surface area contributed by atoms with E-state index in [1.54, 1.807) is 0 Å². The first-order valence-corrected chi connectivity index (χ1v) is 8.24. The van der Waals surface area contributed by atoms with E-state index in [4.69, 9.17) is 18.6 Å². The number of hydrogen-bond acceptors (Lipinski definition) is 4. The van der Waals surface area contributed by atoms with Gasteiger partial charge in [-0.05, 0) is 0 Å². The minimum atomic E-state index is -4.69. The second kappa shape index (κ2) is 9.75. The Morgan fingerprint density at radius 3 is 1.62 bits per heavy atom. The van der Waals surface area contributed by atoms with Gasteiger partial charge in [-0.1, -0.05) is 0 Å². The smallest absolute Gasteiger partial charge is 0.0777 e. The SMILES string of the molecule is CCP(CC)C[CH2][Tc].[O-][Cl+3]([O-])([O-])O. The third-order valence-corrected chi connectivity index (χ3v) is 5.13. The molecule has 0 atom stereocenters. The van der Waals surface area contributed by atoms with Crippen LogP contribution in [0.5, 0.6) is 0 Å². The molecule has 0 aliphatic heterocycles. The van der Waals surface area contributed by atoms with Crippen LogP contribution in [0.3, 0.4) is 0 Å². The molecule has 0 bridgehead atoms. The average molecular weight is 316 g/mol. The van der Waals surface area contributed by atoms with Crippen molar-refractivity contribution in [3.05, 3.63) is 0 Å². The summed E-state index contributed by atoms with van der Waals surface area (Å²) in [6.07, 6.45) is 4.33. The van der Waals surface area contributed by atoms with Crippen LogP contribution in [-0.2, 0) is 18.9 Å². The van der Waals surface area contributed by atoms with E-state index < -0.39 is 10.2 Å². The van der Waals surface area contributed by atoms with Crippen LogP contribution in [0.2, 0.25) is 4.93 Å².